The summed E-state index contributed by atoms with van der Waals surface area (Å²) in [6, 6.07) is 9.08. The van der Waals surface area contributed by atoms with E-state index in [-0.39, 0.29) is 17.4 Å². The van der Waals surface area contributed by atoms with Crippen LogP contribution in [-0.2, 0) is 39.9 Å². The van der Waals surface area contributed by atoms with Crippen LogP contribution in [0.15, 0.2) is 55.0 Å². The fraction of sp³-hybridized carbons (Fsp3) is 0.344. The van der Waals surface area contributed by atoms with E-state index < -0.39 is 34.6 Å². The second-order valence-corrected chi connectivity index (χ2v) is 12.0. The number of ether oxygens (including phenoxy) is 1. The standard InChI is InChI=1S/C32H30F2N6O3/c1-31(2,43-3)25-15-37-28-23(11-19(16-40(25)28)20-6-4-8-22(33)26(20)34)38-29(41)18-10-17-12-32(13-24(17)36-14-18)21-7-5-9-35-27(21)39-30(32)42/h4-10,14-15,19,23H,11-13,16H2,1-3H3,(H,38,41)(H,35,39,42)/t19-,23+,32?/m1/s1. The van der Waals surface area contributed by atoms with E-state index in [2.05, 4.69) is 25.6 Å². The molecule has 9 nitrogen and oxygen atoms in total. The second kappa shape index (κ2) is 9.77. The highest BCUT2D eigenvalue weighted by atomic mass is 19.2. The van der Waals surface area contributed by atoms with Gasteiger partial charge in [-0.3, -0.25) is 14.6 Å². The lowest BCUT2D eigenvalue weighted by atomic mass is 9.80. The molecule has 11 heteroatoms. The smallest absolute Gasteiger partial charge is 0.253 e. The van der Waals surface area contributed by atoms with Crippen molar-refractivity contribution in [3.63, 3.8) is 0 Å². The highest BCUT2D eigenvalue weighted by Crippen LogP contribution is 2.46. The van der Waals surface area contributed by atoms with Gasteiger partial charge in [0, 0.05) is 49.6 Å². The van der Waals surface area contributed by atoms with Crippen LogP contribution in [0.4, 0.5) is 14.6 Å². The quantitative estimate of drug-likeness (QED) is 0.358. The highest BCUT2D eigenvalue weighted by Gasteiger charge is 2.51. The monoisotopic (exact) mass is 584 g/mol. The molecule has 1 spiro atoms. The Morgan fingerprint density at radius 3 is 2.79 bits per heavy atom. The lowest BCUT2D eigenvalue weighted by Crippen LogP contribution is -2.37. The minimum atomic E-state index is -0.914. The molecule has 0 radical (unpaired) electrons. The first-order chi connectivity index (χ1) is 20.6. The molecule has 3 aliphatic rings. The molecule has 2 N–H and O–H groups in total. The normalized spacial score (nSPS) is 22.2. The molecular formula is C32H30F2N6O3. The number of benzene rings is 1. The molecule has 220 valence electrons. The number of halogens is 2. The Morgan fingerprint density at radius 2 is 1.98 bits per heavy atom. The van der Waals surface area contributed by atoms with E-state index in [1.807, 2.05) is 30.5 Å². The summed E-state index contributed by atoms with van der Waals surface area (Å²) in [6.45, 7) is 4.16. The van der Waals surface area contributed by atoms with E-state index in [0.29, 0.717) is 43.0 Å². The molecule has 0 saturated carbocycles. The summed E-state index contributed by atoms with van der Waals surface area (Å²) in [7, 11) is 1.60. The lowest BCUT2D eigenvalue weighted by molar-refractivity contribution is -0.120. The third-order valence-electron chi connectivity index (χ3n) is 9.25. The van der Waals surface area contributed by atoms with Crippen LogP contribution in [-0.4, -0.2) is 38.4 Å². The Bertz CT molecular complexity index is 1800. The zero-order valence-corrected chi connectivity index (χ0v) is 23.9. The molecule has 2 aliphatic heterocycles. The van der Waals surface area contributed by atoms with Crippen LogP contribution in [0.1, 0.15) is 76.5 Å². The third kappa shape index (κ3) is 4.24. The van der Waals surface area contributed by atoms with Crippen molar-refractivity contribution in [3.8, 4) is 0 Å². The summed E-state index contributed by atoms with van der Waals surface area (Å²) in [6.07, 6.45) is 6.02. The van der Waals surface area contributed by atoms with E-state index in [9.17, 15) is 18.4 Å². The van der Waals surface area contributed by atoms with Crippen molar-refractivity contribution in [2.45, 2.75) is 62.6 Å². The van der Waals surface area contributed by atoms with Crippen LogP contribution in [0.2, 0.25) is 0 Å². The Balaban J connectivity index is 1.19. The van der Waals surface area contributed by atoms with E-state index in [0.717, 1.165) is 28.6 Å². The average Bonchev–Trinajstić information content (AvgIpc) is 3.68. The predicted octanol–water partition coefficient (Wildman–Crippen LogP) is 4.48. The minimum Gasteiger partial charge on any atom is -0.373 e. The zero-order chi connectivity index (χ0) is 30.1. The molecular weight excluding hydrogens is 554 g/mol. The van der Waals surface area contributed by atoms with Crippen molar-refractivity contribution < 1.29 is 23.1 Å². The zero-order valence-electron chi connectivity index (χ0n) is 23.9. The fourth-order valence-electron chi connectivity index (χ4n) is 6.80. The van der Waals surface area contributed by atoms with Crippen LogP contribution in [0.25, 0.3) is 0 Å². The minimum absolute atomic E-state index is 0.121. The molecule has 0 fully saturated rings. The number of nitrogens with zero attached hydrogens (tertiary/aromatic N) is 4. The van der Waals surface area contributed by atoms with Gasteiger partial charge < -0.3 is 19.9 Å². The van der Waals surface area contributed by atoms with E-state index in [1.54, 1.807) is 31.6 Å². The Kier molecular flexibility index (Phi) is 6.21. The van der Waals surface area contributed by atoms with Gasteiger partial charge in [0.25, 0.3) is 5.91 Å². The summed E-state index contributed by atoms with van der Waals surface area (Å²) in [5.74, 6) is -1.55. The summed E-state index contributed by atoms with van der Waals surface area (Å²) in [5.41, 5.74) is 2.28. The second-order valence-electron chi connectivity index (χ2n) is 12.0. The van der Waals surface area contributed by atoms with Gasteiger partial charge in [-0.25, -0.2) is 18.7 Å². The molecule has 4 aromatic rings. The first-order valence-electron chi connectivity index (χ1n) is 14.2. The van der Waals surface area contributed by atoms with Gasteiger partial charge in [-0.05, 0) is 56.0 Å². The summed E-state index contributed by atoms with van der Waals surface area (Å²) in [4.78, 5) is 40.3. The van der Waals surface area contributed by atoms with Crippen molar-refractivity contribution in [2.24, 2.45) is 0 Å². The number of carbonyl (C=O) groups excluding carboxylic acids is 2. The van der Waals surface area contributed by atoms with Crippen LogP contribution >= 0.6 is 0 Å². The number of imidazole rings is 1. The predicted molar refractivity (Wildman–Crippen MR) is 152 cm³/mol. The van der Waals surface area contributed by atoms with Crippen LogP contribution in [0.3, 0.4) is 0 Å². The van der Waals surface area contributed by atoms with Gasteiger partial charge in [-0.2, -0.15) is 0 Å². The molecule has 43 heavy (non-hydrogen) atoms. The van der Waals surface area contributed by atoms with Crippen LogP contribution < -0.4 is 10.6 Å². The molecule has 2 amide bonds. The Labute approximate surface area is 246 Å². The molecule has 3 aromatic heterocycles. The lowest BCUT2D eigenvalue weighted by Gasteiger charge is -2.34. The highest BCUT2D eigenvalue weighted by molar-refractivity contribution is 6.06. The SMILES string of the molecule is COC(C)(C)c1cnc2n1C[C@H](c1cccc(F)c1F)C[C@@H]2NC(=O)c1cnc2c(c1)CC1(C2)C(=O)Nc2ncccc21. The maximum atomic E-state index is 15.0. The van der Waals surface area contributed by atoms with Gasteiger partial charge in [0.05, 0.1) is 28.9 Å². The molecule has 0 bridgehead atoms. The number of nitrogens with one attached hydrogen (secondary N) is 2. The number of aromatic nitrogens is 4. The molecule has 1 unspecified atom stereocenters. The van der Waals surface area contributed by atoms with Crippen molar-refractivity contribution in [1.29, 1.82) is 0 Å². The number of rotatable bonds is 5. The van der Waals surface area contributed by atoms with E-state index >= 15 is 0 Å². The number of carbonyl (C=O) groups is 2. The first kappa shape index (κ1) is 27.3. The number of amides is 2. The van der Waals surface area contributed by atoms with Crippen molar-refractivity contribution in [1.82, 2.24) is 24.8 Å². The van der Waals surface area contributed by atoms with Gasteiger partial charge in [0.2, 0.25) is 5.91 Å². The Hall–Kier alpha value is -4.51. The number of fused-ring (bicyclic) bond motifs is 4. The Morgan fingerprint density at radius 1 is 1.14 bits per heavy atom. The number of anilines is 1. The van der Waals surface area contributed by atoms with Crippen molar-refractivity contribution in [3.05, 3.63) is 106 Å². The maximum absolute atomic E-state index is 15.0. The van der Waals surface area contributed by atoms with E-state index in [1.165, 1.54) is 12.3 Å². The molecule has 1 aromatic carbocycles. The topological polar surface area (TPSA) is 111 Å². The summed E-state index contributed by atoms with van der Waals surface area (Å²) < 4.78 is 36.8. The number of hydrogen-bond donors (Lipinski definition) is 2. The maximum Gasteiger partial charge on any atom is 0.253 e. The number of hydrogen-bond acceptors (Lipinski definition) is 6. The molecule has 5 heterocycles. The van der Waals surface area contributed by atoms with Crippen molar-refractivity contribution >= 4 is 17.6 Å². The van der Waals surface area contributed by atoms with Gasteiger partial charge in [0.15, 0.2) is 11.6 Å². The van der Waals surface area contributed by atoms with Crippen LogP contribution in [0, 0.1) is 11.6 Å². The molecule has 0 saturated heterocycles. The summed E-state index contributed by atoms with van der Waals surface area (Å²) >= 11 is 0. The fourth-order valence-corrected chi connectivity index (χ4v) is 6.80. The molecule has 1 aliphatic carbocycles. The van der Waals surface area contributed by atoms with Crippen LogP contribution in [0.5, 0.6) is 0 Å². The average molecular weight is 585 g/mol. The number of methoxy groups -OCH3 is 1. The van der Waals surface area contributed by atoms with Crippen molar-refractivity contribution in [2.75, 3.05) is 12.4 Å². The van der Waals surface area contributed by atoms with Gasteiger partial charge in [0.1, 0.15) is 17.2 Å². The van der Waals surface area contributed by atoms with E-state index in [4.69, 9.17) is 4.74 Å². The molecule has 3 atom stereocenters. The molecule has 7 rings (SSSR count). The van der Waals surface area contributed by atoms with Gasteiger partial charge in [-0.15, -0.1) is 0 Å². The van der Waals surface area contributed by atoms with Gasteiger partial charge >= 0.3 is 0 Å². The summed E-state index contributed by atoms with van der Waals surface area (Å²) in [5, 5.41) is 5.96. The number of pyridine rings is 2. The largest absolute Gasteiger partial charge is 0.373 e. The third-order valence-corrected chi connectivity index (χ3v) is 9.25. The first-order valence-corrected chi connectivity index (χ1v) is 14.2. The van der Waals surface area contributed by atoms with Gasteiger partial charge in [-0.1, -0.05) is 18.2 Å².